The lowest BCUT2D eigenvalue weighted by Crippen LogP contribution is -2.21. The highest BCUT2D eigenvalue weighted by Gasteiger charge is 2.15. The van der Waals surface area contributed by atoms with Crippen molar-refractivity contribution in [2.24, 2.45) is 0 Å². The Balaban J connectivity index is 2.14. The van der Waals surface area contributed by atoms with Crippen LogP contribution in [0, 0.1) is 0 Å². The molecule has 3 aromatic rings. The Bertz CT molecular complexity index is 732. The molecule has 0 saturated carbocycles. The molecule has 0 bridgehead atoms. The van der Waals surface area contributed by atoms with Crippen molar-refractivity contribution in [2.75, 3.05) is 6.54 Å². The number of aromatic nitrogens is 3. The Kier molecular flexibility index (Phi) is 3.97. The summed E-state index contributed by atoms with van der Waals surface area (Å²) in [5.74, 6) is 0. The number of fused-ring (bicyclic) bond motifs is 1. The van der Waals surface area contributed by atoms with Crippen LogP contribution in [0.15, 0.2) is 48.5 Å². The van der Waals surface area contributed by atoms with Crippen molar-refractivity contribution in [3.8, 4) is 5.69 Å². The summed E-state index contributed by atoms with van der Waals surface area (Å²) in [6, 6.07) is 16.8. The van der Waals surface area contributed by atoms with Gasteiger partial charge in [0.25, 0.3) is 0 Å². The third-order valence-electron chi connectivity index (χ3n) is 3.75. The van der Waals surface area contributed by atoms with E-state index in [1.54, 1.807) is 0 Å². The van der Waals surface area contributed by atoms with Crippen molar-refractivity contribution in [3.63, 3.8) is 0 Å². The fourth-order valence-electron chi connectivity index (χ4n) is 2.74. The van der Waals surface area contributed by atoms with E-state index >= 15 is 0 Å². The van der Waals surface area contributed by atoms with Crippen LogP contribution < -0.4 is 5.32 Å². The molecular formula is C17H20N4. The Hall–Kier alpha value is -2.20. The topological polar surface area (TPSA) is 42.7 Å². The van der Waals surface area contributed by atoms with Crippen LogP contribution in [-0.4, -0.2) is 21.5 Å². The van der Waals surface area contributed by atoms with Crippen LogP contribution in [0.4, 0.5) is 0 Å². The van der Waals surface area contributed by atoms with E-state index in [1.165, 1.54) is 5.56 Å². The third kappa shape index (κ3) is 2.54. The van der Waals surface area contributed by atoms with Gasteiger partial charge in [0.05, 0.1) is 11.2 Å². The second kappa shape index (κ2) is 6.06. The van der Waals surface area contributed by atoms with Gasteiger partial charge in [-0.05, 0) is 36.7 Å². The van der Waals surface area contributed by atoms with Gasteiger partial charge in [-0.3, -0.25) is 0 Å². The Morgan fingerprint density at radius 3 is 2.62 bits per heavy atom. The minimum absolute atomic E-state index is 0.328. The van der Waals surface area contributed by atoms with Gasteiger partial charge in [-0.25, -0.2) is 4.68 Å². The maximum absolute atomic E-state index is 4.34. The third-order valence-corrected chi connectivity index (χ3v) is 3.75. The standard InChI is InChI=1S/C17H20N4/c1-3-14(18-4-2)13-9-5-7-11-16(13)21-17-12-8-6-10-15(17)19-20-21/h5-12,14,18H,3-4H2,1-2H3. The van der Waals surface area contributed by atoms with Crippen LogP contribution >= 0.6 is 0 Å². The number of hydrogen-bond acceptors (Lipinski definition) is 3. The molecule has 3 rings (SSSR count). The fourth-order valence-corrected chi connectivity index (χ4v) is 2.74. The highest BCUT2D eigenvalue weighted by atomic mass is 15.4. The van der Waals surface area contributed by atoms with Gasteiger partial charge in [-0.2, -0.15) is 0 Å². The molecule has 4 heteroatoms. The number of nitrogens with zero attached hydrogens (tertiary/aromatic N) is 3. The summed E-state index contributed by atoms with van der Waals surface area (Å²) in [6.45, 7) is 5.28. The summed E-state index contributed by atoms with van der Waals surface area (Å²) in [4.78, 5) is 0. The van der Waals surface area contributed by atoms with Crippen LogP contribution in [0.25, 0.3) is 16.7 Å². The highest BCUT2D eigenvalue weighted by Crippen LogP contribution is 2.25. The van der Waals surface area contributed by atoms with Gasteiger partial charge in [0.15, 0.2) is 0 Å². The van der Waals surface area contributed by atoms with Crippen molar-refractivity contribution in [3.05, 3.63) is 54.1 Å². The molecule has 1 aromatic heterocycles. The quantitative estimate of drug-likeness (QED) is 0.778. The monoisotopic (exact) mass is 280 g/mol. The van der Waals surface area contributed by atoms with Crippen molar-refractivity contribution in [1.29, 1.82) is 0 Å². The van der Waals surface area contributed by atoms with Crippen LogP contribution in [0.5, 0.6) is 0 Å². The maximum atomic E-state index is 4.34. The van der Waals surface area contributed by atoms with Gasteiger partial charge in [0.2, 0.25) is 0 Å². The molecule has 1 unspecified atom stereocenters. The Morgan fingerprint density at radius 2 is 1.81 bits per heavy atom. The SMILES string of the molecule is CCNC(CC)c1ccccc1-n1nnc2ccccc21. The van der Waals surface area contributed by atoms with E-state index in [1.807, 2.05) is 28.9 Å². The molecule has 0 amide bonds. The number of benzene rings is 2. The second-order valence-electron chi connectivity index (χ2n) is 5.07. The van der Waals surface area contributed by atoms with E-state index in [9.17, 15) is 0 Å². The van der Waals surface area contributed by atoms with Gasteiger partial charge >= 0.3 is 0 Å². The van der Waals surface area contributed by atoms with Gasteiger partial charge in [-0.15, -0.1) is 5.10 Å². The second-order valence-corrected chi connectivity index (χ2v) is 5.07. The van der Waals surface area contributed by atoms with E-state index in [0.29, 0.717) is 6.04 Å². The molecule has 1 atom stereocenters. The van der Waals surface area contributed by atoms with Crippen LogP contribution in [0.2, 0.25) is 0 Å². The molecule has 1 N–H and O–H groups in total. The zero-order valence-corrected chi connectivity index (χ0v) is 12.5. The molecule has 2 aromatic carbocycles. The number of para-hydroxylation sites is 2. The lowest BCUT2D eigenvalue weighted by atomic mass is 10.0. The molecule has 1 heterocycles. The molecule has 0 saturated heterocycles. The summed E-state index contributed by atoms with van der Waals surface area (Å²) in [6.07, 6.45) is 1.04. The minimum Gasteiger partial charge on any atom is -0.310 e. The Morgan fingerprint density at radius 1 is 1.05 bits per heavy atom. The van der Waals surface area contributed by atoms with Gasteiger partial charge in [-0.1, -0.05) is 49.4 Å². The highest BCUT2D eigenvalue weighted by molar-refractivity contribution is 5.76. The molecule has 0 fully saturated rings. The van der Waals surface area contributed by atoms with E-state index in [2.05, 4.69) is 53.7 Å². The van der Waals surface area contributed by atoms with E-state index in [0.717, 1.165) is 29.7 Å². The predicted molar refractivity (Wildman–Crippen MR) is 85.6 cm³/mol. The lowest BCUT2D eigenvalue weighted by Gasteiger charge is -2.19. The molecule has 4 nitrogen and oxygen atoms in total. The molecule has 0 aliphatic rings. The Labute approximate surface area is 124 Å². The van der Waals surface area contributed by atoms with Crippen LogP contribution in [0.1, 0.15) is 31.9 Å². The lowest BCUT2D eigenvalue weighted by molar-refractivity contribution is 0.534. The van der Waals surface area contributed by atoms with Gasteiger partial charge < -0.3 is 5.32 Å². The largest absolute Gasteiger partial charge is 0.310 e. The molecule has 0 aliphatic heterocycles. The summed E-state index contributed by atoms with van der Waals surface area (Å²) in [5.41, 5.74) is 4.32. The van der Waals surface area contributed by atoms with Crippen LogP contribution in [-0.2, 0) is 0 Å². The number of rotatable bonds is 5. The first kappa shape index (κ1) is 13.8. The molecule has 0 spiro atoms. The van der Waals surface area contributed by atoms with Crippen molar-refractivity contribution in [1.82, 2.24) is 20.3 Å². The van der Waals surface area contributed by atoms with Crippen molar-refractivity contribution >= 4 is 11.0 Å². The summed E-state index contributed by atoms with van der Waals surface area (Å²) in [5, 5.41) is 12.1. The maximum Gasteiger partial charge on any atom is 0.113 e. The average Bonchev–Trinajstić information content (AvgIpc) is 2.96. The fraction of sp³-hybridized carbons (Fsp3) is 0.294. The summed E-state index contributed by atoms with van der Waals surface area (Å²) >= 11 is 0. The smallest absolute Gasteiger partial charge is 0.113 e. The van der Waals surface area contributed by atoms with Gasteiger partial charge in [0, 0.05) is 6.04 Å². The molecule has 0 aliphatic carbocycles. The van der Waals surface area contributed by atoms with Gasteiger partial charge in [0.1, 0.15) is 5.52 Å². The van der Waals surface area contributed by atoms with Crippen molar-refractivity contribution < 1.29 is 0 Å². The average molecular weight is 280 g/mol. The molecule has 0 radical (unpaired) electrons. The molecule has 21 heavy (non-hydrogen) atoms. The molecular weight excluding hydrogens is 260 g/mol. The van der Waals surface area contributed by atoms with E-state index in [4.69, 9.17) is 0 Å². The molecule has 108 valence electrons. The van der Waals surface area contributed by atoms with E-state index < -0.39 is 0 Å². The zero-order chi connectivity index (χ0) is 14.7. The number of nitrogens with one attached hydrogen (secondary N) is 1. The normalized spacial score (nSPS) is 12.7. The minimum atomic E-state index is 0.328. The van der Waals surface area contributed by atoms with E-state index in [-0.39, 0.29) is 0 Å². The number of hydrogen-bond donors (Lipinski definition) is 1. The van der Waals surface area contributed by atoms with Crippen LogP contribution in [0.3, 0.4) is 0 Å². The first-order valence-corrected chi connectivity index (χ1v) is 7.48. The predicted octanol–water partition coefficient (Wildman–Crippen LogP) is 3.48. The first-order chi connectivity index (χ1) is 10.3. The summed E-state index contributed by atoms with van der Waals surface area (Å²) in [7, 11) is 0. The zero-order valence-electron chi connectivity index (χ0n) is 12.5. The summed E-state index contributed by atoms with van der Waals surface area (Å²) < 4.78 is 1.94. The van der Waals surface area contributed by atoms with Crippen molar-refractivity contribution in [2.45, 2.75) is 26.3 Å². The first-order valence-electron chi connectivity index (χ1n) is 7.48.